The molecule has 1 fully saturated rings. The van der Waals surface area contributed by atoms with Crippen LogP contribution in [0, 0.1) is 17.2 Å². The first-order valence-corrected chi connectivity index (χ1v) is 9.13. The molecule has 0 aromatic heterocycles. The number of rotatable bonds is 4. The summed E-state index contributed by atoms with van der Waals surface area (Å²) in [6.45, 7) is 2.14. The lowest BCUT2D eigenvalue weighted by molar-refractivity contribution is -0.0500. The second-order valence-electron chi connectivity index (χ2n) is 5.98. The maximum Gasteiger partial charge on any atom is 0.534 e. The van der Waals surface area contributed by atoms with Gasteiger partial charge in [0, 0.05) is 0 Å². The quantitative estimate of drug-likeness (QED) is 0.586. The van der Waals surface area contributed by atoms with Gasteiger partial charge in [-0.05, 0) is 55.2 Å². The van der Waals surface area contributed by atoms with Gasteiger partial charge in [-0.25, -0.2) is 0 Å². The molecule has 0 atom stereocenters. The Morgan fingerprint density at radius 1 is 1.25 bits per heavy atom. The van der Waals surface area contributed by atoms with Crippen molar-refractivity contribution in [2.75, 3.05) is 0 Å². The van der Waals surface area contributed by atoms with Crippen molar-refractivity contribution in [2.45, 2.75) is 50.5 Å². The molecule has 0 aliphatic heterocycles. The van der Waals surface area contributed by atoms with Gasteiger partial charge in [-0.2, -0.15) is 26.9 Å². The largest absolute Gasteiger partial charge is 0.534 e. The summed E-state index contributed by atoms with van der Waals surface area (Å²) < 4.78 is 63.5. The summed E-state index contributed by atoms with van der Waals surface area (Å²) in [6.07, 6.45) is 5.17. The average Bonchev–Trinajstić information content (AvgIpc) is 2.54. The predicted octanol–water partition coefficient (Wildman–Crippen LogP) is 4.47. The first kappa shape index (κ1) is 18.6. The summed E-state index contributed by atoms with van der Waals surface area (Å²) in [5, 5.41) is 9.11. The zero-order valence-corrected chi connectivity index (χ0v) is 14.0. The Morgan fingerprint density at radius 2 is 1.88 bits per heavy atom. The molecule has 1 aliphatic rings. The molecule has 0 radical (unpaired) electrons. The van der Waals surface area contributed by atoms with Gasteiger partial charge in [-0.15, -0.1) is 0 Å². The Morgan fingerprint density at radius 3 is 2.38 bits per heavy atom. The van der Waals surface area contributed by atoms with Crippen molar-refractivity contribution in [2.24, 2.45) is 5.92 Å². The average molecular weight is 361 g/mol. The summed E-state index contributed by atoms with van der Waals surface area (Å²) in [5.74, 6) is 0.324. The van der Waals surface area contributed by atoms with Gasteiger partial charge in [-0.1, -0.05) is 19.4 Å². The highest BCUT2D eigenvalue weighted by Gasteiger charge is 2.48. The molecule has 1 aliphatic carbocycles. The maximum atomic E-state index is 12.4. The van der Waals surface area contributed by atoms with Crippen LogP contribution in [0.3, 0.4) is 0 Å². The molecule has 0 amide bonds. The van der Waals surface area contributed by atoms with E-state index in [0.717, 1.165) is 43.7 Å². The van der Waals surface area contributed by atoms with E-state index in [-0.39, 0.29) is 11.5 Å². The number of benzene rings is 1. The summed E-state index contributed by atoms with van der Waals surface area (Å²) in [7, 11) is -5.78. The number of halogens is 3. The van der Waals surface area contributed by atoms with Gasteiger partial charge >= 0.3 is 15.6 Å². The third-order valence-corrected chi connectivity index (χ3v) is 5.47. The van der Waals surface area contributed by atoms with Crippen LogP contribution in [0.5, 0.6) is 5.75 Å². The zero-order chi connectivity index (χ0) is 18.0. The Labute approximate surface area is 139 Å². The van der Waals surface area contributed by atoms with Crippen LogP contribution >= 0.6 is 0 Å². The number of nitriles is 1. The lowest BCUT2D eigenvalue weighted by Gasteiger charge is -2.28. The van der Waals surface area contributed by atoms with Crippen molar-refractivity contribution in [1.29, 1.82) is 5.26 Å². The van der Waals surface area contributed by atoms with E-state index in [1.807, 2.05) is 0 Å². The van der Waals surface area contributed by atoms with Crippen LogP contribution in [0.2, 0.25) is 0 Å². The third-order valence-electron chi connectivity index (χ3n) is 4.50. The van der Waals surface area contributed by atoms with E-state index < -0.39 is 21.4 Å². The maximum absolute atomic E-state index is 12.4. The van der Waals surface area contributed by atoms with Crippen molar-refractivity contribution in [3.05, 3.63) is 29.3 Å². The molecule has 2 rings (SSSR count). The molecular weight excluding hydrogens is 343 g/mol. The van der Waals surface area contributed by atoms with E-state index in [1.54, 1.807) is 12.1 Å². The Kier molecular flexibility index (Phi) is 5.43. The van der Waals surface area contributed by atoms with Gasteiger partial charge in [0.15, 0.2) is 5.75 Å². The molecule has 0 saturated heterocycles. The Bertz CT molecular complexity index is 730. The highest BCUT2D eigenvalue weighted by Crippen LogP contribution is 2.38. The van der Waals surface area contributed by atoms with Crippen molar-refractivity contribution in [3.63, 3.8) is 0 Å². The number of nitrogens with zero attached hydrogens (tertiary/aromatic N) is 1. The summed E-state index contributed by atoms with van der Waals surface area (Å²) in [4.78, 5) is 0. The van der Waals surface area contributed by atoms with E-state index >= 15 is 0 Å². The molecule has 0 unspecified atom stereocenters. The molecule has 132 valence electrons. The van der Waals surface area contributed by atoms with Crippen LogP contribution in [0.25, 0.3) is 0 Å². The first-order valence-electron chi connectivity index (χ1n) is 7.72. The SMILES string of the molecule is CCC1CCC(c2ccc(OS(=O)(=O)C(F)(F)F)c(C#N)c2)CC1. The van der Waals surface area contributed by atoms with Gasteiger partial charge < -0.3 is 4.18 Å². The van der Waals surface area contributed by atoms with E-state index in [9.17, 15) is 21.6 Å². The standard InChI is InChI=1S/C16H18F3NO3S/c1-2-11-3-5-12(6-4-11)13-7-8-15(14(9-13)10-20)23-24(21,22)16(17,18)19/h7-9,11-12H,2-6H2,1H3. The minimum atomic E-state index is -5.78. The normalized spacial score (nSPS) is 22.0. The highest BCUT2D eigenvalue weighted by atomic mass is 32.2. The molecule has 1 saturated carbocycles. The number of hydrogen-bond acceptors (Lipinski definition) is 4. The van der Waals surface area contributed by atoms with Crippen LogP contribution in [0.1, 0.15) is 56.1 Å². The second kappa shape index (κ2) is 7.01. The second-order valence-corrected chi connectivity index (χ2v) is 7.51. The predicted molar refractivity (Wildman–Crippen MR) is 81.7 cm³/mol. The van der Waals surface area contributed by atoms with E-state index in [4.69, 9.17) is 5.26 Å². The van der Waals surface area contributed by atoms with E-state index in [2.05, 4.69) is 11.1 Å². The van der Waals surface area contributed by atoms with Gasteiger partial charge in [0.1, 0.15) is 6.07 Å². The van der Waals surface area contributed by atoms with Crippen LogP contribution in [-0.4, -0.2) is 13.9 Å². The molecule has 1 aromatic rings. The fourth-order valence-corrected chi connectivity index (χ4v) is 3.51. The minimum Gasteiger partial charge on any atom is -0.375 e. The molecule has 8 heteroatoms. The zero-order valence-electron chi connectivity index (χ0n) is 13.1. The van der Waals surface area contributed by atoms with Gasteiger partial charge in [-0.3, -0.25) is 0 Å². The van der Waals surface area contributed by atoms with Gasteiger partial charge in [0.05, 0.1) is 5.56 Å². The van der Waals surface area contributed by atoms with E-state index in [0.29, 0.717) is 5.92 Å². The number of hydrogen-bond donors (Lipinski definition) is 0. The van der Waals surface area contributed by atoms with Crippen molar-refractivity contribution in [1.82, 2.24) is 0 Å². The van der Waals surface area contributed by atoms with Crippen LogP contribution in [0.4, 0.5) is 13.2 Å². The molecule has 1 aromatic carbocycles. The van der Waals surface area contributed by atoms with Crippen molar-refractivity contribution >= 4 is 10.1 Å². The molecule has 0 spiro atoms. The molecule has 4 nitrogen and oxygen atoms in total. The number of alkyl halides is 3. The third kappa shape index (κ3) is 4.01. The van der Waals surface area contributed by atoms with Crippen LogP contribution < -0.4 is 4.18 Å². The summed E-state index contributed by atoms with van der Waals surface area (Å²) in [6, 6.07) is 5.81. The lowest BCUT2D eigenvalue weighted by atomic mass is 9.77. The Hall–Kier alpha value is -1.75. The first-order chi connectivity index (χ1) is 11.2. The molecule has 0 bridgehead atoms. The monoisotopic (exact) mass is 361 g/mol. The Balaban J connectivity index is 2.22. The van der Waals surface area contributed by atoms with E-state index in [1.165, 1.54) is 6.07 Å². The molecule has 0 N–H and O–H groups in total. The molecular formula is C16H18F3NO3S. The van der Waals surface area contributed by atoms with Crippen LogP contribution in [0.15, 0.2) is 18.2 Å². The van der Waals surface area contributed by atoms with Crippen LogP contribution in [-0.2, 0) is 10.1 Å². The highest BCUT2D eigenvalue weighted by molar-refractivity contribution is 7.88. The van der Waals surface area contributed by atoms with Gasteiger partial charge in [0.25, 0.3) is 0 Å². The smallest absolute Gasteiger partial charge is 0.375 e. The summed E-state index contributed by atoms with van der Waals surface area (Å²) in [5.41, 5.74) is -4.91. The minimum absolute atomic E-state index is 0.210. The summed E-state index contributed by atoms with van der Waals surface area (Å²) >= 11 is 0. The fraction of sp³-hybridized carbons (Fsp3) is 0.562. The lowest BCUT2D eigenvalue weighted by Crippen LogP contribution is -2.28. The van der Waals surface area contributed by atoms with Crippen molar-refractivity contribution in [3.8, 4) is 11.8 Å². The molecule has 24 heavy (non-hydrogen) atoms. The van der Waals surface area contributed by atoms with Crippen molar-refractivity contribution < 1.29 is 25.8 Å². The topological polar surface area (TPSA) is 67.2 Å². The fourth-order valence-electron chi connectivity index (χ4n) is 3.03. The van der Waals surface area contributed by atoms with Gasteiger partial charge in [0.2, 0.25) is 0 Å². The molecule has 0 heterocycles.